The van der Waals surface area contributed by atoms with Crippen molar-refractivity contribution in [2.75, 3.05) is 13.1 Å². The molecule has 0 radical (unpaired) electrons. The minimum atomic E-state index is 0.127. The topological polar surface area (TPSA) is 66.8 Å². The fourth-order valence-corrected chi connectivity index (χ4v) is 4.93. The Morgan fingerprint density at radius 2 is 2.22 bits per heavy atom. The summed E-state index contributed by atoms with van der Waals surface area (Å²) in [6, 6.07) is 7.96. The third-order valence-electron chi connectivity index (χ3n) is 6.51. The predicted octanol–water partition coefficient (Wildman–Crippen LogP) is 3.58. The lowest BCUT2D eigenvalue weighted by atomic mass is 9.62. The van der Waals surface area contributed by atoms with Crippen LogP contribution in [-0.4, -0.2) is 43.6 Å². The Balaban J connectivity index is 1.44. The van der Waals surface area contributed by atoms with Crippen molar-refractivity contribution in [2.45, 2.75) is 45.1 Å². The number of benzene rings is 1. The van der Waals surface area contributed by atoms with Gasteiger partial charge in [-0.15, -0.1) is 10.2 Å². The van der Waals surface area contributed by atoms with E-state index in [4.69, 9.17) is 0 Å². The van der Waals surface area contributed by atoms with Crippen LogP contribution in [0, 0.1) is 5.41 Å². The van der Waals surface area contributed by atoms with Gasteiger partial charge in [0.2, 0.25) is 0 Å². The second kappa shape index (κ2) is 6.22. The summed E-state index contributed by atoms with van der Waals surface area (Å²) >= 11 is 0. The molecule has 140 valence electrons. The summed E-state index contributed by atoms with van der Waals surface area (Å²) in [6.45, 7) is 4.68. The predicted molar refractivity (Wildman–Crippen MR) is 104 cm³/mol. The number of amides is 1. The van der Waals surface area contributed by atoms with Gasteiger partial charge in [-0.2, -0.15) is 0 Å². The quantitative estimate of drug-likeness (QED) is 0.770. The van der Waals surface area contributed by atoms with Crippen LogP contribution in [0.3, 0.4) is 0 Å². The number of carbonyl (C=O) groups is 1. The molecule has 2 aromatic heterocycles. The number of fused-ring (bicyclic) bond motifs is 1. The average Bonchev–Trinajstić information content (AvgIpc) is 3.37. The summed E-state index contributed by atoms with van der Waals surface area (Å²) in [5.41, 5.74) is 1.96. The molecule has 1 aliphatic heterocycles. The van der Waals surface area contributed by atoms with Gasteiger partial charge in [0.25, 0.3) is 5.91 Å². The van der Waals surface area contributed by atoms with Crippen molar-refractivity contribution in [3.05, 3.63) is 48.2 Å². The van der Waals surface area contributed by atoms with Gasteiger partial charge in [0.05, 0.1) is 0 Å². The Kier molecular flexibility index (Phi) is 3.81. The fourth-order valence-electron chi connectivity index (χ4n) is 4.93. The first-order valence-corrected chi connectivity index (χ1v) is 9.94. The number of aryl methyl sites for hydroxylation is 1. The van der Waals surface area contributed by atoms with Crippen molar-refractivity contribution in [3.63, 3.8) is 0 Å². The smallest absolute Gasteiger partial charge is 0.253 e. The van der Waals surface area contributed by atoms with Gasteiger partial charge in [-0.1, -0.05) is 19.4 Å². The van der Waals surface area contributed by atoms with E-state index in [2.05, 4.69) is 26.7 Å². The largest absolute Gasteiger partial charge is 0.361 e. The summed E-state index contributed by atoms with van der Waals surface area (Å²) in [7, 11) is 0. The molecule has 3 aromatic rings. The standard InChI is InChI=1S/C21H25N5O/c1-2-10-25-14-23-24-19(25)17-12-26(13-21(17)7-3-8-21)20(27)16-5-4-15-6-9-22-18(15)11-16/h4-6,9,11,14,17,22H,2-3,7-8,10,12-13H2,1H3. The van der Waals surface area contributed by atoms with Crippen LogP contribution in [0.25, 0.3) is 10.9 Å². The Labute approximate surface area is 158 Å². The van der Waals surface area contributed by atoms with E-state index in [-0.39, 0.29) is 11.3 Å². The summed E-state index contributed by atoms with van der Waals surface area (Å²) < 4.78 is 2.18. The summed E-state index contributed by atoms with van der Waals surface area (Å²) in [6.07, 6.45) is 8.41. The van der Waals surface area contributed by atoms with Crippen LogP contribution < -0.4 is 0 Å². The molecule has 5 rings (SSSR count). The maximum absolute atomic E-state index is 13.2. The highest BCUT2D eigenvalue weighted by Gasteiger charge is 2.53. The third kappa shape index (κ3) is 2.58. The van der Waals surface area contributed by atoms with Gasteiger partial charge in [-0.3, -0.25) is 4.79 Å². The third-order valence-corrected chi connectivity index (χ3v) is 6.51. The van der Waals surface area contributed by atoms with Crippen LogP contribution in [0.1, 0.15) is 54.7 Å². The molecule has 27 heavy (non-hydrogen) atoms. The molecule has 1 amide bonds. The maximum Gasteiger partial charge on any atom is 0.253 e. The molecule has 1 unspecified atom stereocenters. The molecular formula is C21H25N5O. The normalized spacial score (nSPS) is 21.1. The van der Waals surface area contributed by atoms with Gasteiger partial charge in [0, 0.05) is 42.8 Å². The Hall–Kier alpha value is -2.63. The first-order valence-electron chi connectivity index (χ1n) is 9.94. The van der Waals surface area contributed by atoms with Crippen molar-refractivity contribution in [3.8, 4) is 0 Å². The lowest BCUT2D eigenvalue weighted by Gasteiger charge is -2.42. The number of H-pyrrole nitrogens is 1. The molecule has 6 nitrogen and oxygen atoms in total. The van der Waals surface area contributed by atoms with Crippen LogP contribution >= 0.6 is 0 Å². The first kappa shape index (κ1) is 16.5. The van der Waals surface area contributed by atoms with Gasteiger partial charge < -0.3 is 14.5 Å². The summed E-state index contributed by atoms with van der Waals surface area (Å²) in [4.78, 5) is 18.5. The lowest BCUT2D eigenvalue weighted by Crippen LogP contribution is -2.38. The molecule has 1 saturated heterocycles. The SMILES string of the molecule is CCCn1cnnc1C1CN(C(=O)c2ccc3cc[nH]c3c2)CC12CCC2. The molecule has 1 aliphatic carbocycles. The van der Waals surface area contributed by atoms with E-state index < -0.39 is 0 Å². The molecule has 1 saturated carbocycles. The van der Waals surface area contributed by atoms with Crippen LogP contribution in [0.2, 0.25) is 0 Å². The molecule has 2 aliphatic rings. The van der Waals surface area contributed by atoms with Crippen molar-refractivity contribution >= 4 is 16.8 Å². The second-order valence-electron chi connectivity index (χ2n) is 8.12. The molecule has 1 N–H and O–H groups in total. The average molecular weight is 363 g/mol. The minimum Gasteiger partial charge on any atom is -0.361 e. The maximum atomic E-state index is 13.2. The van der Waals surface area contributed by atoms with E-state index in [1.165, 1.54) is 19.3 Å². The highest BCUT2D eigenvalue weighted by atomic mass is 16.2. The number of carbonyl (C=O) groups excluding carboxylic acids is 1. The van der Waals surface area contributed by atoms with Gasteiger partial charge in [-0.25, -0.2) is 0 Å². The Bertz CT molecular complexity index is 983. The molecule has 1 spiro atoms. The van der Waals surface area contributed by atoms with E-state index >= 15 is 0 Å². The zero-order chi connectivity index (χ0) is 18.4. The molecule has 1 atom stereocenters. The van der Waals surface area contributed by atoms with Crippen molar-refractivity contribution in [1.29, 1.82) is 0 Å². The van der Waals surface area contributed by atoms with Crippen LogP contribution in [-0.2, 0) is 6.54 Å². The Morgan fingerprint density at radius 3 is 3.00 bits per heavy atom. The number of rotatable bonds is 4. The molecular weight excluding hydrogens is 338 g/mol. The fraction of sp³-hybridized carbons (Fsp3) is 0.476. The molecule has 0 bridgehead atoms. The van der Waals surface area contributed by atoms with Gasteiger partial charge >= 0.3 is 0 Å². The van der Waals surface area contributed by atoms with Crippen LogP contribution in [0.4, 0.5) is 0 Å². The lowest BCUT2D eigenvalue weighted by molar-refractivity contribution is 0.0723. The number of nitrogens with zero attached hydrogens (tertiary/aromatic N) is 4. The number of aromatic amines is 1. The van der Waals surface area contributed by atoms with E-state index in [0.717, 1.165) is 48.3 Å². The molecule has 1 aromatic carbocycles. The number of likely N-dealkylation sites (tertiary alicyclic amines) is 1. The van der Waals surface area contributed by atoms with Crippen molar-refractivity contribution in [2.24, 2.45) is 5.41 Å². The van der Waals surface area contributed by atoms with Crippen LogP contribution in [0.15, 0.2) is 36.8 Å². The van der Waals surface area contributed by atoms with Crippen LogP contribution in [0.5, 0.6) is 0 Å². The highest BCUT2D eigenvalue weighted by molar-refractivity contribution is 5.98. The van der Waals surface area contributed by atoms with E-state index in [1.54, 1.807) is 0 Å². The monoisotopic (exact) mass is 363 g/mol. The number of aromatic nitrogens is 4. The van der Waals surface area contributed by atoms with Gasteiger partial charge in [-0.05, 0) is 48.3 Å². The number of hydrogen-bond donors (Lipinski definition) is 1. The Morgan fingerprint density at radius 1 is 1.33 bits per heavy atom. The van der Waals surface area contributed by atoms with E-state index in [9.17, 15) is 4.79 Å². The zero-order valence-corrected chi connectivity index (χ0v) is 15.7. The first-order chi connectivity index (χ1) is 13.2. The molecule has 2 fully saturated rings. The van der Waals surface area contributed by atoms with Crippen molar-refractivity contribution in [1.82, 2.24) is 24.6 Å². The summed E-state index contributed by atoms with van der Waals surface area (Å²) in [5, 5.41) is 9.77. The van der Waals surface area contributed by atoms with E-state index in [0.29, 0.717) is 5.92 Å². The zero-order valence-electron chi connectivity index (χ0n) is 15.7. The van der Waals surface area contributed by atoms with Crippen molar-refractivity contribution < 1.29 is 4.79 Å². The van der Waals surface area contributed by atoms with E-state index in [1.807, 2.05) is 41.7 Å². The molecule has 6 heteroatoms. The molecule has 3 heterocycles. The van der Waals surface area contributed by atoms with Gasteiger partial charge in [0.1, 0.15) is 12.2 Å². The highest BCUT2D eigenvalue weighted by Crippen LogP contribution is 2.55. The number of hydrogen-bond acceptors (Lipinski definition) is 3. The minimum absolute atomic E-state index is 0.127. The second-order valence-corrected chi connectivity index (χ2v) is 8.12. The number of nitrogens with one attached hydrogen (secondary N) is 1. The van der Waals surface area contributed by atoms with Gasteiger partial charge in [0.15, 0.2) is 0 Å². The summed E-state index contributed by atoms with van der Waals surface area (Å²) in [5.74, 6) is 1.48.